The average Bonchev–Trinajstić information content (AvgIpc) is 2.58. The Morgan fingerprint density at radius 3 is 2.71 bits per heavy atom. The van der Waals surface area contributed by atoms with Crippen molar-refractivity contribution in [3.63, 3.8) is 0 Å². The van der Waals surface area contributed by atoms with Crippen molar-refractivity contribution >= 4 is 41.7 Å². The number of thioether (sulfide) groups is 1. The fraction of sp³-hybridized carbons (Fsp3) is 0.611. The van der Waals surface area contributed by atoms with E-state index in [1.807, 2.05) is 24.9 Å². The molecule has 1 rings (SSSR count). The first-order valence-corrected chi connectivity index (χ1v) is 9.84. The first kappa shape index (κ1) is 23.4. The minimum absolute atomic E-state index is 0. The van der Waals surface area contributed by atoms with Gasteiger partial charge in [-0.15, -0.1) is 24.0 Å². The van der Waals surface area contributed by atoms with E-state index in [2.05, 4.69) is 47.0 Å². The van der Waals surface area contributed by atoms with Gasteiger partial charge in [0.05, 0.1) is 6.61 Å². The van der Waals surface area contributed by atoms with Crippen LogP contribution in [0.25, 0.3) is 0 Å². The summed E-state index contributed by atoms with van der Waals surface area (Å²) in [5, 5.41) is 6.72. The molecule has 0 radical (unpaired) electrons. The molecule has 0 spiro atoms. The molecule has 0 saturated carbocycles. The lowest BCUT2D eigenvalue weighted by molar-refractivity contribution is 0.317. The number of nitrogens with zero attached hydrogens (tertiary/aromatic N) is 1. The molecule has 0 aliphatic carbocycles. The molecule has 0 saturated heterocycles. The average molecular weight is 465 g/mol. The first-order valence-electron chi connectivity index (χ1n) is 8.45. The molecule has 4 nitrogen and oxygen atoms in total. The zero-order chi connectivity index (χ0) is 16.8. The van der Waals surface area contributed by atoms with Crippen molar-refractivity contribution in [3.05, 3.63) is 29.8 Å². The summed E-state index contributed by atoms with van der Waals surface area (Å²) in [6.07, 6.45) is 6.56. The Bertz CT molecular complexity index is 458. The Balaban J connectivity index is 0.00000529. The smallest absolute Gasteiger partial charge is 0.190 e. The predicted octanol–water partition coefficient (Wildman–Crippen LogP) is 3.94. The predicted molar refractivity (Wildman–Crippen MR) is 118 cm³/mol. The molecular formula is C18H32IN3OS. The number of aliphatic imine (C=N–C) groups is 1. The Morgan fingerprint density at radius 2 is 2.00 bits per heavy atom. The van der Waals surface area contributed by atoms with Crippen LogP contribution in [0.4, 0.5) is 0 Å². The van der Waals surface area contributed by atoms with Crippen molar-refractivity contribution < 1.29 is 4.74 Å². The molecule has 1 aromatic carbocycles. The van der Waals surface area contributed by atoms with Crippen LogP contribution in [0.15, 0.2) is 29.3 Å². The summed E-state index contributed by atoms with van der Waals surface area (Å²) in [5.74, 6) is 3.07. The Hall–Kier alpha value is -0.630. The van der Waals surface area contributed by atoms with Crippen molar-refractivity contribution in [3.8, 4) is 5.75 Å². The quantitative estimate of drug-likeness (QED) is 0.225. The molecule has 0 bridgehead atoms. The first-order chi connectivity index (χ1) is 11.3. The van der Waals surface area contributed by atoms with E-state index in [1.165, 1.54) is 24.2 Å². The molecular weight excluding hydrogens is 433 g/mol. The van der Waals surface area contributed by atoms with E-state index in [9.17, 15) is 0 Å². The summed E-state index contributed by atoms with van der Waals surface area (Å²) in [6.45, 7) is 4.73. The van der Waals surface area contributed by atoms with Gasteiger partial charge in [-0.2, -0.15) is 11.8 Å². The SMILES string of the molecule is CCCOc1cccc(CCNC(=NC)NCCCCSC)c1.I. The van der Waals surface area contributed by atoms with E-state index in [4.69, 9.17) is 4.74 Å². The van der Waals surface area contributed by atoms with Gasteiger partial charge in [0.1, 0.15) is 5.75 Å². The molecule has 138 valence electrons. The molecule has 0 aliphatic rings. The van der Waals surface area contributed by atoms with Crippen molar-refractivity contribution in [2.45, 2.75) is 32.6 Å². The van der Waals surface area contributed by atoms with Gasteiger partial charge < -0.3 is 15.4 Å². The molecule has 0 heterocycles. The van der Waals surface area contributed by atoms with Gasteiger partial charge in [-0.05, 0) is 55.4 Å². The second-order valence-corrected chi connectivity index (χ2v) is 6.36. The van der Waals surface area contributed by atoms with Gasteiger partial charge in [-0.3, -0.25) is 4.99 Å². The number of nitrogens with one attached hydrogen (secondary N) is 2. The maximum Gasteiger partial charge on any atom is 0.190 e. The highest BCUT2D eigenvalue weighted by Gasteiger charge is 2.00. The third kappa shape index (κ3) is 11.0. The minimum Gasteiger partial charge on any atom is -0.494 e. The molecule has 0 atom stereocenters. The van der Waals surface area contributed by atoms with E-state index in [-0.39, 0.29) is 24.0 Å². The standard InChI is InChI=1S/C18H31N3OS.HI/c1-4-13-22-17-9-7-8-16(15-17)10-12-21-18(19-2)20-11-5-6-14-23-3;/h7-9,15H,4-6,10-14H2,1-3H3,(H2,19,20,21);1H. The van der Waals surface area contributed by atoms with E-state index in [0.717, 1.165) is 44.2 Å². The van der Waals surface area contributed by atoms with E-state index >= 15 is 0 Å². The van der Waals surface area contributed by atoms with E-state index < -0.39 is 0 Å². The van der Waals surface area contributed by atoms with Crippen LogP contribution in [0, 0.1) is 0 Å². The molecule has 0 unspecified atom stereocenters. The summed E-state index contributed by atoms with van der Waals surface area (Å²) in [6, 6.07) is 8.33. The van der Waals surface area contributed by atoms with Gasteiger partial charge in [-0.25, -0.2) is 0 Å². The number of benzene rings is 1. The fourth-order valence-electron chi connectivity index (χ4n) is 2.13. The number of halogens is 1. The molecule has 2 N–H and O–H groups in total. The topological polar surface area (TPSA) is 45.6 Å². The maximum atomic E-state index is 5.67. The van der Waals surface area contributed by atoms with Crippen molar-refractivity contribution in [2.75, 3.05) is 38.8 Å². The Morgan fingerprint density at radius 1 is 1.21 bits per heavy atom. The number of hydrogen-bond donors (Lipinski definition) is 2. The van der Waals surface area contributed by atoms with Crippen LogP contribution in [-0.2, 0) is 6.42 Å². The van der Waals surface area contributed by atoms with Crippen LogP contribution in [0.2, 0.25) is 0 Å². The van der Waals surface area contributed by atoms with Gasteiger partial charge in [0, 0.05) is 20.1 Å². The number of unbranched alkanes of at least 4 members (excludes halogenated alkanes) is 1. The summed E-state index contributed by atoms with van der Waals surface area (Å²) in [7, 11) is 1.82. The lowest BCUT2D eigenvalue weighted by Gasteiger charge is -2.12. The fourth-order valence-corrected chi connectivity index (χ4v) is 2.63. The van der Waals surface area contributed by atoms with E-state index in [0.29, 0.717) is 0 Å². The lowest BCUT2D eigenvalue weighted by atomic mass is 10.1. The molecule has 0 amide bonds. The van der Waals surface area contributed by atoms with Gasteiger partial charge in [0.25, 0.3) is 0 Å². The van der Waals surface area contributed by atoms with E-state index in [1.54, 1.807) is 0 Å². The zero-order valence-electron chi connectivity index (χ0n) is 15.1. The minimum atomic E-state index is 0. The second kappa shape index (κ2) is 15.9. The van der Waals surface area contributed by atoms with Crippen LogP contribution in [0.1, 0.15) is 31.7 Å². The highest BCUT2D eigenvalue weighted by molar-refractivity contribution is 14.0. The van der Waals surface area contributed by atoms with Crippen LogP contribution in [-0.4, -0.2) is 44.7 Å². The largest absolute Gasteiger partial charge is 0.494 e. The van der Waals surface area contributed by atoms with Crippen molar-refractivity contribution in [2.24, 2.45) is 4.99 Å². The van der Waals surface area contributed by atoms with Crippen LogP contribution < -0.4 is 15.4 Å². The molecule has 0 aliphatic heterocycles. The van der Waals surface area contributed by atoms with Gasteiger partial charge in [-0.1, -0.05) is 19.1 Å². The summed E-state index contributed by atoms with van der Waals surface area (Å²) >= 11 is 1.90. The Kier molecular flexibility index (Phi) is 15.5. The molecule has 24 heavy (non-hydrogen) atoms. The zero-order valence-corrected chi connectivity index (χ0v) is 18.3. The van der Waals surface area contributed by atoms with Gasteiger partial charge in [0.15, 0.2) is 5.96 Å². The lowest BCUT2D eigenvalue weighted by Crippen LogP contribution is -2.38. The van der Waals surface area contributed by atoms with Gasteiger partial charge >= 0.3 is 0 Å². The molecule has 6 heteroatoms. The third-order valence-electron chi connectivity index (χ3n) is 3.37. The molecule has 1 aromatic rings. The highest BCUT2D eigenvalue weighted by Crippen LogP contribution is 2.13. The second-order valence-electron chi connectivity index (χ2n) is 5.37. The maximum absolute atomic E-state index is 5.67. The number of ether oxygens (including phenoxy) is 1. The normalized spacial score (nSPS) is 10.9. The van der Waals surface area contributed by atoms with Crippen LogP contribution >= 0.6 is 35.7 Å². The van der Waals surface area contributed by atoms with Crippen LogP contribution in [0.3, 0.4) is 0 Å². The number of guanidine groups is 1. The van der Waals surface area contributed by atoms with Gasteiger partial charge in [0.2, 0.25) is 0 Å². The van der Waals surface area contributed by atoms with Crippen molar-refractivity contribution in [1.82, 2.24) is 10.6 Å². The highest BCUT2D eigenvalue weighted by atomic mass is 127. The molecule has 0 aromatic heterocycles. The monoisotopic (exact) mass is 465 g/mol. The summed E-state index contributed by atoms with van der Waals surface area (Å²) < 4.78 is 5.67. The van der Waals surface area contributed by atoms with Crippen LogP contribution in [0.5, 0.6) is 5.75 Å². The Labute approximate surface area is 168 Å². The third-order valence-corrected chi connectivity index (χ3v) is 4.07. The summed E-state index contributed by atoms with van der Waals surface area (Å²) in [5.41, 5.74) is 1.28. The number of rotatable bonds is 11. The summed E-state index contributed by atoms with van der Waals surface area (Å²) in [4.78, 5) is 4.26. The van der Waals surface area contributed by atoms with Crippen molar-refractivity contribution in [1.29, 1.82) is 0 Å². The number of hydrogen-bond acceptors (Lipinski definition) is 3. The molecule has 0 fully saturated rings.